The molecule has 0 amide bonds. The van der Waals surface area contributed by atoms with E-state index < -0.39 is 0 Å². The van der Waals surface area contributed by atoms with E-state index in [4.69, 9.17) is 4.74 Å². The Hall–Kier alpha value is -1.05. The Morgan fingerprint density at radius 2 is 2.14 bits per heavy atom. The summed E-state index contributed by atoms with van der Waals surface area (Å²) in [4.78, 5) is 12.6. The molecule has 1 heterocycles. The first kappa shape index (κ1) is 14.9. The zero-order valence-corrected chi connectivity index (χ0v) is 13.9. The van der Waals surface area contributed by atoms with E-state index in [9.17, 15) is 4.79 Å². The molecule has 1 aliphatic heterocycles. The fourth-order valence-electron chi connectivity index (χ4n) is 4.80. The number of hydrogen-bond donors (Lipinski definition) is 0. The Labute approximate surface area is 128 Å². The molecule has 1 saturated carbocycles. The van der Waals surface area contributed by atoms with Gasteiger partial charge in [0.25, 0.3) is 0 Å². The van der Waals surface area contributed by atoms with E-state index in [0.29, 0.717) is 5.92 Å². The van der Waals surface area contributed by atoms with Crippen molar-refractivity contribution in [2.24, 2.45) is 16.7 Å². The topological polar surface area (TPSA) is 26.3 Å². The second-order valence-corrected chi connectivity index (χ2v) is 7.71. The lowest BCUT2D eigenvalue weighted by Gasteiger charge is -2.45. The van der Waals surface area contributed by atoms with Crippen molar-refractivity contribution in [1.29, 1.82) is 0 Å². The van der Waals surface area contributed by atoms with E-state index in [1.165, 1.54) is 11.1 Å². The molecular formula is C19H28O2. The van der Waals surface area contributed by atoms with Crippen LogP contribution in [-0.4, -0.2) is 12.1 Å². The lowest BCUT2D eigenvalue weighted by Crippen LogP contribution is -2.41. The third kappa shape index (κ3) is 2.10. The molecule has 1 unspecified atom stereocenters. The molecule has 3 rings (SSSR count). The fourth-order valence-corrected chi connectivity index (χ4v) is 4.80. The molecule has 0 aromatic rings. The molecule has 2 nitrogen and oxygen atoms in total. The summed E-state index contributed by atoms with van der Waals surface area (Å²) in [6.07, 6.45) is 11.2. The Kier molecular flexibility index (Phi) is 3.54. The summed E-state index contributed by atoms with van der Waals surface area (Å²) in [5, 5.41) is 0. The maximum Gasteiger partial charge on any atom is 0.312 e. The van der Waals surface area contributed by atoms with Crippen molar-refractivity contribution in [3.8, 4) is 0 Å². The number of rotatable bonds is 3. The molecule has 0 N–H and O–H groups in total. The molecule has 0 radical (unpaired) electrons. The van der Waals surface area contributed by atoms with Gasteiger partial charge in [-0.15, -0.1) is 0 Å². The van der Waals surface area contributed by atoms with Crippen molar-refractivity contribution in [1.82, 2.24) is 0 Å². The minimum absolute atomic E-state index is 0.0306. The van der Waals surface area contributed by atoms with Crippen LogP contribution in [-0.2, 0) is 9.53 Å². The molecule has 4 atom stereocenters. The average molecular weight is 288 g/mol. The zero-order chi connectivity index (χ0) is 15.3. The highest BCUT2D eigenvalue weighted by Crippen LogP contribution is 2.58. The van der Waals surface area contributed by atoms with Crippen molar-refractivity contribution in [3.05, 3.63) is 23.3 Å². The van der Waals surface area contributed by atoms with Gasteiger partial charge in [0.05, 0.1) is 5.41 Å². The van der Waals surface area contributed by atoms with E-state index in [1.54, 1.807) is 0 Å². The normalized spacial score (nSPS) is 41.8. The molecule has 0 aromatic heterocycles. The van der Waals surface area contributed by atoms with Gasteiger partial charge < -0.3 is 4.74 Å². The van der Waals surface area contributed by atoms with Crippen LogP contribution in [0, 0.1) is 16.7 Å². The van der Waals surface area contributed by atoms with Crippen LogP contribution in [0.3, 0.4) is 0 Å². The van der Waals surface area contributed by atoms with Gasteiger partial charge in [-0.2, -0.15) is 0 Å². The highest BCUT2D eigenvalue weighted by Gasteiger charge is 2.59. The molecule has 0 aromatic carbocycles. The summed E-state index contributed by atoms with van der Waals surface area (Å²) < 4.78 is 5.95. The lowest BCUT2D eigenvalue weighted by molar-refractivity contribution is -0.147. The zero-order valence-electron chi connectivity index (χ0n) is 13.9. The van der Waals surface area contributed by atoms with Gasteiger partial charge >= 0.3 is 5.97 Å². The van der Waals surface area contributed by atoms with E-state index in [2.05, 4.69) is 39.8 Å². The standard InChI is InChI=1S/C19H28O2/c1-5-6-11-19(4)14-9-12-18(3)10-7-8-13(2)15(18)16(14)21-17(19)20/h7,10,14,16H,5-6,8-9,11-12H2,1-4H3/t14-,16+,18-,19?/m1/s1. The van der Waals surface area contributed by atoms with Crippen LogP contribution in [0.25, 0.3) is 0 Å². The third-order valence-electron chi connectivity index (χ3n) is 6.18. The second kappa shape index (κ2) is 5.00. The Balaban J connectivity index is 1.96. The van der Waals surface area contributed by atoms with Gasteiger partial charge in [-0.1, -0.05) is 44.4 Å². The minimum Gasteiger partial charge on any atom is -0.457 e. The SMILES string of the molecule is CCCCC1(C)C(=O)O[C@@H]2C3=C(C)CC=C[C@]3(C)CC[C@H]21. The van der Waals surface area contributed by atoms with E-state index >= 15 is 0 Å². The Bertz CT molecular complexity index is 516. The van der Waals surface area contributed by atoms with Crippen LogP contribution in [0.2, 0.25) is 0 Å². The predicted octanol–water partition coefficient (Wildman–Crippen LogP) is 4.80. The third-order valence-corrected chi connectivity index (χ3v) is 6.18. The first-order valence-corrected chi connectivity index (χ1v) is 8.51. The second-order valence-electron chi connectivity index (χ2n) is 7.71. The Morgan fingerprint density at radius 1 is 1.38 bits per heavy atom. The number of fused-ring (bicyclic) bond motifs is 3. The van der Waals surface area contributed by atoms with Crippen LogP contribution < -0.4 is 0 Å². The molecule has 0 bridgehead atoms. The quantitative estimate of drug-likeness (QED) is 0.551. The molecule has 0 spiro atoms. The van der Waals surface area contributed by atoms with Crippen molar-refractivity contribution < 1.29 is 9.53 Å². The summed E-state index contributed by atoms with van der Waals surface area (Å²) in [5.41, 5.74) is 2.67. The summed E-state index contributed by atoms with van der Waals surface area (Å²) in [6.45, 7) is 8.87. The number of ether oxygens (including phenoxy) is 1. The van der Waals surface area contributed by atoms with Crippen LogP contribution in [0.15, 0.2) is 23.3 Å². The number of hydrogen-bond acceptors (Lipinski definition) is 2. The van der Waals surface area contributed by atoms with Gasteiger partial charge in [0, 0.05) is 11.3 Å². The maximum atomic E-state index is 12.6. The van der Waals surface area contributed by atoms with Gasteiger partial charge in [0.1, 0.15) is 6.10 Å². The van der Waals surface area contributed by atoms with E-state index in [-0.39, 0.29) is 22.9 Å². The molecule has 3 aliphatic rings. The molecule has 2 heteroatoms. The van der Waals surface area contributed by atoms with Gasteiger partial charge in [-0.3, -0.25) is 4.79 Å². The van der Waals surface area contributed by atoms with E-state index in [0.717, 1.165) is 38.5 Å². The number of allylic oxidation sites excluding steroid dienone is 3. The highest BCUT2D eigenvalue weighted by molar-refractivity contribution is 5.80. The number of carbonyl (C=O) groups excluding carboxylic acids is 1. The number of unbranched alkanes of at least 4 members (excludes halogenated alkanes) is 1. The summed E-state index contributed by atoms with van der Waals surface area (Å²) in [7, 11) is 0. The highest BCUT2D eigenvalue weighted by atomic mass is 16.6. The molecule has 2 fully saturated rings. The summed E-state index contributed by atoms with van der Waals surface area (Å²) in [5.74, 6) is 0.422. The van der Waals surface area contributed by atoms with Crippen molar-refractivity contribution in [2.75, 3.05) is 0 Å². The number of carbonyl (C=O) groups is 1. The van der Waals surface area contributed by atoms with Crippen LogP contribution in [0.4, 0.5) is 0 Å². The van der Waals surface area contributed by atoms with Crippen LogP contribution >= 0.6 is 0 Å². The first-order chi connectivity index (χ1) is 9.92. The Morgan fingerprint density at radius 3 is 2.86 bits per heavy atom. The smallest absolute Gasteiger partial charge is 0.312 e. The average Bonchev–Trinajstić information content (AvgIpc) is 2.68. The molecule has 21 heavy (non-hydrogen) atoms. The maximum absolute atomic E-state index is 12.6. The molecule has 2 aliphatic carbocycles. The molecular weight excluding hydrogens is 260 g/mol. The van der Waals surface area contributed by atoms with Gasteiger partial charge in [-0.05, 0) is 45.1 Å². The fraction of sp³-hybridized carbons (Fsp3) is 0.737. The van der Waals surface area contributed by atoms with E-state index in [1.807, 2.05) is 0 Å². The van der Waals surface area contributed by atoms with Crippen LogP contribution in [0.1, 0.15) is 66.2 Å². The first-order valence-electron chi connectivity index (χ1n) is 8.51. The lowest BCUT2D eigenvalue weighted by atomic mass is 9.58. The van der Waals surface area contributed by atoms with Gasteiger partial charge in [0.15, 0.2) is 0 Å². The monoisotopic (exact) mass is 288 g/mol. The predicted molar refractivity (Wildman–Crippen MR) is 84.8 cm³/mol. The molecule has 1 saturated heterocycles. The number of esters is 1. The van der Waals surface area contributed by atoms with Crippen molar-refractivity contribution in [3.63, 3.8) is 0 Å². The largest absolute Gasteiger partial charge is 0.457 e. The summed E-state index contributed by atoms with van der Waals surface area (Å²) in [6, 6.07) is 0. The van der Waals surface area contributed by atoms with Crippen molar-refractivity contribution in [2.45, 2.75) is 72.3 Å². The van der Waals surface area contributed by atoms with Gasteiger partial charge in [-0.25, -0.2) is 0 Å². The van der Waals surface area contributed by atoms with Crippen molar-refractivity contribution >= 4 is 5.97 Å². The minimum atomic E-state index is -0.267. The van der Waals surface area contributed by atoms with Gasteiger partial charge in [0.2, 0.25) is 0 Å². The molecule has 116 valence electrons. The van der Waals surface area contributed by atoms with Crippen LogP contribution in [0.5, 0.6) is 0 Å². The summed E-state index contributed by atoms with van der Waals surface area (Å²) >= 11 is 0.